The Morgan fingerprint density at radius 3 is 2.94 bits per heavy atom. The van der Waals surface area contributed by atoms with Crippen LogP contribution in [-0.4, -0.2) is 35.9 Å². The van der Waals surface area contributed by atoms with Gasteiger partial charge in [0.1, 0.15) is 0 Å². The van der Waals surface area contributed by atoms with Crippen LogP contribution in [0.1, 0.15) is 17.6 Å². The summed E-state index contributed by atoms with van der Waals surface area (Å²) in [6.07, 6.45) is 0. The summed E-state index contributed by atoms with van der Waals surface area (Å²) in [6, 6.07) is 0. The SMILES string of the molecule is Cc1nc(CN(C)C(=O)[C@@H]2CNC[C@H]2C)cs1. The van der Waals surface area contributed by atoms with E-state index in [0.29, 0.717) is 12.5 Å². The van der Waals surface area contributed by atoms with Crippen molar-refractivity contribution in [3.8, 4) is 0 Å². The topological polar surface area (TPSA) is 45.2 Å². The van der Waals surface area contributed by atoms with Gasteiger partial charge in [-0.25, -0.2) is 4.98 Å². The maximum Gasteiger partial charge on any atom is 0.227 e. The second-order valence-electron chi connectivity index (χ2n) is 4.79. The number of aryl methyl sites for hydroxylation is 1. The average Bonchev–Trinajstić information content (AvgIpc) is 2.86. The molecule has 1 aliphatic rings. The van der Waals surface area contributed by atoms with Crippen molar-refractivity contribution in [3.05, 3.63) is 16.1 Å². The fraction of sp³-hybridized carbons (Fsp3) is 0.667. The van der Waals surface area contributed by atoms with E-state index in [-0.39, 0.29) is 11.8 Å². The van der Waals surface area contributed by atoms with Crippen molar-refractivity contribution in [1.82, 2.24) is 15.2 Å². The molecule has 0 aromatic carbocycles. The predicted octanol–water partition coefficient (Wildman–Crippen LogP) is 1.27. The van der Waals surface area contributed by atoms with Crippen molar-refractivity contribution in [2.45, 2.75) is 20.4 Å². The molecule has 4 nitrogen and oxygen atoms in total. The number of hydrogen-bond donors (Lipinski definition) is 1. The molecule has 2 rings (SSSR count). The first kappa shape index (κ1) is 12.5. The summed E-state index contributed by atoms with van der Waals surface area (Å²) >= 11 is 1.63. The highest BCUT2D eigenvalue weighted by Crippen LogP contribution is 2.19. The summed E-state index contributed by atoms with van der Waals surface area (Å²) in [7, 11) is 1.86. The standard InChI is InChI=1S/C12H19N3OS/c1-8-4-13-5-11(8)12(16)15(3)6-10-7-17-9(2)14-10/h7-8,11,13H,4-6H2,1-3H3/t8-,11-/m1/s1. The van der Waals surface area contributed by atoms with Gasteiger partial charge in [0.05, 0.1) is 23.2 Å². The lowest BCUT2D eigenvalue weighted by Crippen LogP contribution is -2.35. The van der Waals surface area contributed by atoms with Crippen molar-refractivity contribution in [3.63, 3.8) is 0 Å². The molecule has 1 aromatic rings. The maximum atomic E-state index is 12.2. The van der Waals surface area contributed by atoms with E-state index in [0.717, 1.165) is 23.8 Å². The quantitative estimate of drug-likeness (QED) is 0.882. The zero-order chi connectivity index (χ0) is 12.4. The van der Waals surface area contributed by atoms with Crippen LogP contribution in [0.5, 0.6) is 0 Å². The number of carbonyl (C=O) groups is 1. The number of nitrogens with one attached hydrogen (secondary N) is 1. The summed E-state index contributed by atoms with van der Waals surface area (Å²) < 4.78 is 0. The molecule has 0 saturated carbocycles. The van der Waals surface area contributed by atoms with Crippen molar-refractivity contribution >= 4 is 17.2 Å². The normalized spacial score (nSPS) is 23.9. The number of amides is 1. The van der Waals surface area contributed by atoms with Gasteiger partial charge in [-0.1, -0.05) is 6.92 Å². The first-order valence-electron chi connectivity index (χ1n) is 5.94. The number of thiazole rings is 1. The van der Waals surface area contributed by atoms with Gasteiger partial charge in [0, 0.05) is 19.0 Å². The fourth-order valence-electron chi connectivity index (χ4n) is 2.23. The molecule has 1 N–H and O–H groups in total. The summed E-state index contributed by atoms with van der Waals surface area (Å²) in [5.74, 6) is 0.787. The third kappa shape index (κ3) is 2.84. The van der Waals surface area contributed by atoms with Crippen molar-refractivity contribution in [1.29, 1.82) is 0 Å². The van der Waals surface area contributed by atoms with Gasteiger partial charge in [-0.3, -0.25) is 4.79 Å². The molecule has 17 heavy (non-hydrogen) atoms. The van der Waals surface area contributed by atoms with E-state index in [4.69, 9.17) is 0 Å². The Hall–Kier alpha value is -0.940. The van der Waals surface area contributed by atoms with Gasteiger partial charge in [-0.05, 0) is 19.4 Å². The predicted molar refractivity (Wildman–Crippen MR) is 68.8 cm³/mol. The zero-order valence-electron chi connectivity index (χ0n) is 10.6. The lowest BCUT2D eigenvalue weighted by atomic mass is 9.97. The van der Waals surface area contributed by atoms with Gasteiger partial charge in [0.25, 0.3) is 0 Å². The molecule has 5 heteroatoms. The van der Waals surface area contributed by atoms with Gasteiger partial charge in [-0.15, -0.1) is 11.3 Å². The van der Waals surface area contributed by atoms with E-state index in [1.807, 2.05) is 19.4 Å². The molecule has 0 unspecified atom stereocenters. The van der Waals surface area contributed by atoms with Gasteiger partial charge in [0.15, 0.2) is 0 Å². The third-order valence-corrected chi connectivity index (χ3v) is 4.10. The Kier molecular flexibility index (Phi) is 3.79. The molecule has 2 atom stereocenters. The molecule has 1 fully saturated rings. The summed E-state index contributed by atoms with van der Waals surface area (Å²) in [5.41, 5.74) is 0.988. The van der Waals surface area contributed by atoms with Crippen molar-refractivity contribution < 1.29 is 4.79 Å². The smallest absolute Gasteiger partial charge is 0.227 e. The van der Waals surface area contributed by atoms with Gasteiger partial charge >= 0.3 is 0 Å². The molecule has 0 aliphatic carbocycles. The molecule has 1 amide bonds. The molecule has 0 radical (unpaired) electrons. The van der Waals surface area contributed by atoms with E-state index >= 15 is 0 Å². The fourth-order valence-corrected chi connectivity index (χ4v) is 2.83. The van der Waals surface area contributed by atoms with Crippen LogP contribution in [0.25, 0.3) is 0 Å². The van der Waals surface area contributed by atoms with Gasteiger partial charge < -0.3 is 10.2 Å². The monoisotopic (exact) mass is 253 g/mol. The Bertz CT molecular complexity index is 404. The van der Waals surface area contributed by atoms with E-state index in [1.54, 1.807) is 16.2 Å². The Labute approximate surface area is 106 Å². The van der Waals surface area contributed by atoms with Crippen molar-refractivity contribution in [2.75, 3.05) is 20.1 Å². The lowest BCUT2D eigenvalue weighted by molar-refractivity contribution is -0.135. The minimum Gasteiger partial charge on any atom is -0.340 e. The Balaban J connectivity index is 1.95. The molecule has 1 aliphatic heterocycles. The highest BCUT2D eigenvalue weighted by Gasteiger charge is 2.31. The number of aromatic nitrogens is 1. The zero-order valence-corrected chi connectivity index (χ0v) is 11.4. The summed E-state index contributed by atoms with van der Waals surface area (Å²) in [4.78, 5) is 18.4. The molecular formula is C12H19N3OS. The Morgan fingerprint density at radius 2 is 2.41 bits per heavy atom. The van der Waals surface area contributed by atoms with Crippen LogP contribution in [0.15, 0.2) is 5.38 Å². The van der Waals surface area contributed by atoms with Crippen LogP contribution in [0.2, 0.25) is 0 Å². The number of nitrogens with zero attached hydrogens (tertiary/aromatic N) is 2. The number of rotatable bonds is 3. The molecule has 1 aromatic heterocycles. The van der Waals surface area contributed by atoms with E-state index in [2.05, 4.69) is 17.2 Å². The third-order valence-electron chi connectivity index (χ3n) is 3.28. The van der Waals surface area contributed by atoms with Crippen LogP contribution in [0, 0.1) is 18.8 Å². The maximum absolute atomic E-state index is 12.2. The first-order chi connectivity index (χ1) is 8.08. The van der Waals surface area contributed by atoms with E-state index in [1.165, 1.54) is 0 Å². The van der Waals surface area contributed by atoms with E-state index < -0.39 is 0 Å². The first-order valence-corrected chi connectivity index (χ1v) is 6.82. The van der Waals surface area contributed by atoms with Gasteiger partial charge in [0.2, 0.25) is 5.91 Å². The minimum atomic E-state index is 0.125. The average molecular weight is 253 g/mol. The largest absolute Gasteiger partial charge is 0.340 e. The lowest BCUT2D eigenvalue weighted by Gasteiger charge is -2.22. The summed E-state index contributed by atoms with van der Waals surface area (Å²) in [6.45, 7) is 6.48. The van der Waals surface area contributed by atoms with Crippen molar-refractivity contribution in [2.24, 2.45) is 11.8 Å². The molecule has 0 spiro atoms. The number of hydrogen-bond acceptors (Lipinski definition) is 4. The van der Waals surface area contributed by atoms with Crippen LogP contribution >= 0.6 is 11.3 Å². The van der Waals surface area contributed by atoms with Crippen LogP contribution < -0.4 is 5.32 Å². The summed E-state index contributed by atoms with van der Waals surface area (Å²) in [5, 5.41) is 6.34. The molecule has 1 saturated heterocycles. The second kappa shape index (κ2) is 5.14. The van der Waals surface area contributed by atoms with Crippen LogP contribution in [0.3, 0.4) is 0 Å². The van der Waals surface area contributed by atoms with Crippen LogP contribution in [-0.2, 0) is 11.3 Å². The van der Waals surface area contributed by atoms with E-state index in [9.17, 15) is 4.79 Å². The number of carbonyl (C=O) groups excluding carboxylic acids is 1. The molecule has 2 heterocycles. The minimum absolute atomic E-state index is 0.125. The second-order valence-corrected chi connectivity index (χ2v) is 5.86. The van der Waals surface area contributed by atoms with Crippen LogP contribution in [0.4, 0.5) is 0 Å². The molecule has 94 valence electrons. The highest BCUT2D eigenvalue weighted by molar-refractivity contribution is 7.09. The molecular weight excluding hydrogens is 234 g/mol. The highest BCUT2D eigenvalue weighted by atomic mass is 32.1. The Morgan fingerprint density at radius 1 is 1.65 bits per heavy atom. The van der Waals surface area contributed by atoms with Gasteiger partial charge in [-0.2, -0.15) is 0 Å². The molecule has 0 bridgehead atoms.